The van der Waals surface area contributed by atoms with Crippen LogP contribution in [0.15, 0.2) is 30.3 Å². The van der Waals surface area contributed by atoms with Crippen molar-refractivity contribution in [2.75, 3.05) is 0 Å². The standard InChI is InChI=1S/C13H11.2ClH.Zr/c1-9-8-11-6-2-4-10-5-3-7-12(9)13(10)11;;;/h2,4-7,9H,8H2,1H3;2*1H;/q-1;;;. The van der Waals surface area contributed by atoms with Crippen LogP contribution in [0.1, 0.15) is 24.0 Å². The van der Waals surface area contributed by atoms with E-state index in [9.17, 15) is 0 Å². The second-order valence-corrected chi connectivity index (χ2v) is 3.90. The zero-order chi connectivity index (χ0) is 8.84. The van der Waals surface area contributed by atoms with Crippen LogP contribution >= 0.6 is 24.8 Å². The summed E-state index contributed by atoms with van der Waals surface area (Å²) in [6, 6.07) is 14.0. The Labute approximate surface area is 128 Å². The average molecular weight is 331 g/mol. The molecule has 3 heteroatoms. The SMILES string of the molecule is CC1Cc2cccc3c[c-]cc1c23.Cl.Cl.[Zr]. The van der Waals surface area contributed by atoms with Crippen LogP contribution in [0.4, 0.5) is 0 Å². The summed E-state index contributed by atoms with van der Waals surface area (Å²) in [5.74, 6) is 0.678. The molecule has 84 valence electrons. The van der Waals surface area contributed by atoms with Crippen molar-refractivity contribution in [2.24, 2.45) is 0 Å². The summed E-state index contributed by atoms with van der Waals surface area (Å²) in [4.78, 5) is 0. The summed E-state index contributed by atoms with van der Waals surface area (Å²) in [5.41, 5.74) is 2.99. The fourth-order valence-corrected chi connectivity index (χ4v) is 2.38. The van der Waals surface area contributed by atoms with E-state index >= 15 is 0 Å². The largest absolute Gasteiger partial charge is 0.183 e. The van der Waals surface area contributed by atoms with E-state index in [1.807, 2.05) is 0 Å². The molecule has 0 nitrogen and oxygen atoms in total. The molecule has 0 aromatic heterocycles. The monoisotopic (exact) mass is 329 g/mol. The van der Waals surface area contributed by atoms with Crippen LogP contribution in [0, 0.1) is 6.07 Å². The molecule has 1 atom stereocenters. The molecule has 0 radical (unpaired) electrons. The van der Waals surface area contributed by atoms with Gasteiger partial charge < -0.3 is 0 Å². The van der Waals surface area contributed by atoms with Crippen LogP contribution in [0.25, 0.3) is 10.8 Å². The number of benzene rings is 2. The summed E-state index contributed by atoms with van der Waals surface area (Å²) in [5, 5.41) is 2.83. The number of hydrogen-bond donors (Lipinski definition) is 0. The molecule has 0 aliphatic heterocycles. The minimum atomic E-state index is 0. The summed E-state index contributed by atoms with van der Waals surface area (Å²) in [6.07, 6.45) is 1.20. The third-order valence-electron chi connectivity index (χ3n) is 3.01. The Balaban J connectivity index is 0.000000750. The minimum Gasteiger partial charge on any atom is -0.183 e. The predicted octanol–water partition coefficient (Wildman–Crippen LogP) is 4.14. The molecule has 0 heterocycles. The van der Waals surface area contributed by atoms with E-state index in [0.717, 1.165) is 0 Å². The normalized spacial score (nSPS) is 15.9. The molecule has 0 amide bonds. The van der Waals surface area contributed by atoms with Crippen LogP contribution in [-0.4, -0.2) is 0 Å². The van der Waals surface area contributed by atoms with Crippen LogP contribution in [0.5, 0.6) is 0 Å². The van der Waals surface area contributed by atoms with E-state index in [1.54, 1.807) is 0 Å². The van der Waals surface area contributed by atoms with E-state index in [0.29, 0.717) is 5.92 Å². The quantitative estimate of drug-likeness (QED) is 0.637. The molecule has 3 rings (SSSR count). The van der Waals surface area contributed by atoms with E-state index in [-0.39, 0.29) is 51.0 Å². The first-order chi connectivity index (χ1) is 6.36. The van der Waals surface area contributed by atoms with Crippen molar-refractivity contribution in [3.8, 4) is 0 Å². The molecule has 0 saturated heterocycles. The van der Waals surface area contributed by atoms with Gasteiger partial charge in [-0.15, -0.1) is 47.2 Å². The Bertz CT molecular complexity index is 477. The van der Waals surface area contributed by atoms with Crippen molar-refractivity contribution < 1.29 is 26.2 Å². The Morgan fingerprint density at radius 3 is 2.69 bits per heavy atom. The maximum absolute atomic E-state index is 3.22. The Morgan fingerprint density at radius 1 is 1.19 bits per heavy atom. The molecule has 16 heavy (non-hydrogen) atoms. The van der Waals surface area contributed by atoms with E-state index in [1.165, 1.54) is 28.3 Å². The van der Waals surface area contributed by atoms with Gasteiger partial charge in [0.05, 0.1) is 0 Å². The van der Waals surface area contributed by atoms with E-state index in [4.69, 9.17) is 0 Å². The molecule has 1 aliphatic carbocycles. The van der Waals surface area contributed by atoms with Crippen LogP contribution in [0.2, 0.25) is 0 Å². The summed E-state index contributed by atoms with van der Waals surface area (Å²) >= 11 is 0. The number of rotatable bonds is 0. The summed E-state index contributed by atoms with van der Waals surface area (Å²) in [6.45, 7) is 2.29. The first-order valence-corrected chi connectivity index (χ1v) is 4.78. The zero-order valence-corrected chi connectivity index (χ0v) is 13.1. The first kappa shape index (κ1) is 16.2. The minimum absolute atomic E-state index is 0. The molecule has 2 aromatic rings. The summed E-state index contributed by atoms with van der Waals surface area (Å²) in [7, 11) is 0. The van der Waals surface area contributed by atoms with Gasteiger partial charge >= 0.3 is 0 Å². The van der Waals surface area contributed by atoms with Crippen molar-refractivity contribution in [2.45, 2.75) is 19.3 Å². The van der Waals surface area contributed by atoms with Gasteiger partial charge in [-0.05, 0) is 6.42 Å². The average Bonchev–Trinajstić information content (AvgIpc) is 2.47. The van der Waals surface area contributed by atoms with Crippen molar-refractivity contribution >= 4 is 35.6 Å². The fraction of sp³-hybridized carbons (Fsp3) is 0.231. The molecular weight excluding hydrogens is 318 g/mol. The van der Waals surface area contributed by atoms with Gasteiger partial charge in [0.2, 0.25) is 0 Å². The maximum Gasteiger partial charge on any atom is 0 e. The Morgan fingerprint density at radius 2 is 1.94 bits per heavy atom. The third-order valence-corrected chi connectivity index (χ3v) is 3.01. The topological polar surface area (TPSA) is 0 Å². The molecule has 0 bridgehead atoms. The van der Waals surface area contributed by atoms with E-state index in [2.05, 4.69) is 43.3 Å². The first-order valence-electron chi connectivity index (χ1n) is 4.78. The second-order valence-electron chi connectivity index (χ2n) is 3.90. The van der Waals surface area contributed by atoms with Crippen LogP contribution < -0.4 is 0 Å². The van der Waals surface area contributed by atoms with Gasteiger partial charge in [0.1, 0.15) is 0 Å². The molecule has 0 saturated carbocycles. The van der Waals surface area contributed by atoms with Gasteiger partial charge in [-0.1, -0.05) is 30.5 Å². The smallest absolute Gasteiger partial charge is 0 e. The van der Waals surface area contributed by atoms with Gasteiger partial charge in [0.25, 0.3) is 0 Å². The van der Waals surface area contributed by atoms with Gasteiger partial charge in [-0.25, -0.2) is 0 Å². The number of halogens is 2. The van der Waals surface area contributed by atoms with Gasteiger partial charge in [0, 0.05) is 26.2 Å². The van der Waals surface area contributed by atoms with Crippen molar-refractivity contribution in [3.63, 3.8) is 0 Å². The second kappa shape index (κ2) is 6.19. The van der Waals surface area contributed by atoms with E-state index < -0.39 is 0 Å². The number of hydrogen-bond acceptors (Lipinski definition) is 0. The van der Waals surface area contributed by atoms with Crippen molar-refractivity contribution in [1.29, 1.82) is 0 Å². The molecule has 2 aromatic carbocycles. The van der Waals surface area contributed by atoms with Crippen LogP contribution in [-0.2, 0) is 32.6 Å². The van der Waals surface area contributed by atoms with Gasteiger partial charge in [-0.3, -0.25) is 0 Å². The van der Waals surface area contributed by atoms with Crippen molar-refractivity contribution in [1.82, 2.24) is 0 Å². The molecule has 1 aliphatic rings. The van der Waals surface area contributed by atoms with Gasteiger partial charge in [-0.2, -0.15) is 18.2 Å². The fourth-order valence-electron chi connectivity index (χ4n) is 2.38. The maximum atomic E-state index is 3.22. The molecular formula is C13H13Cl2Zr-. The van der Waals surface area contributed by atoms with Crippen molar-refractivity contribution in [3.05, 3.63) is 47.5 Å². The molecule has 1 unspecified atom stereocenters. The third kappa shape index (κ3) is 2.37. The Kier molecular flexibility index (Phi) is 6.26. The Hall–Kier alpha value is 0.163. The van der Waals surface area contributed by atoms with Gasteiger partial charge in [0.15, 0.2) is 0 Å². The van der Waals surface area contributed by atoms with Crippen LogP contribution in [0.3, 0.4) is 0 Å². The predicted molar refractivity (Wildman–Crippen MR) is 69.4 cm³/mol. The molecule has 0 fully saturated rings. The molecule has 0 N–H and O–H groups in total. The molecule has 0 spiro atoms. The zero-order valence-electron chi connectivity index (χ0n) is 8.99. The summed E-state index contributed by atoms with van der Waals surface area (Å²) < 4.78 is 0.